The molecule has 3 rings (SSSR count). The number of nitrogens with one attached hydrogen (secondary N) is 1. The first-order valence-electron chi connectivity index (χ1n) is 9.82. The van der Waals surface area contributed by atoms with Crippen molar-refractivity contribution in [1.29, 1.82) is 0 Å². The van der Waals surface area contributed by atoms with Gasteiger partial charge in [0.2, 0.25) is 15.9 Å². The highest BCUT2D eigenvalue weighted by molar-refractivity contribution is 7.89. The molecule has 0 radical (unpaired) electrons. The van der Waals surface area contributed by atoms with Crippen LogP contribution in [0.15, 0.2) is 59.8 Å². The van der Waals surface area contributed by atoms with Gasteiger partial charge >= 0.3 is 0 Å². The fourth-order valence-electron chi connectivity index (χ4n) is 3.37. The fourth-order valence-corrected chi connectivity index (χ4v) is 4.75. The topological polar surface area (TPSA) is 99.7 Å². The van der Waals surface area contributed by atoms with E-state index in [1.54, 1.807) is 6.07 Å². The average Bonchev–Trinajstić information content (AvgIpc) is 2.75. The van der Waals surface area contributed by atoms with Gasteiger partial charge in [-0.2, -0.15) is 4.31 Å². The zero-order valence-electron chi connectivity index (χ0n) is 16.9. The van der Waals surface area contributed by atoms with Crippen LogP contribution in [0.25, 0.3) is 0 Å². The summed E-state index contributed by atoms with van der Waals surface area (Å²) < 4.78 is 26.7. The monoisotopic (exact) mass is 430 g/mol. The minimum atomic E-state index is -3.58. The molecule has 30 heavy (non-hydrogen) atoms. The van der Waals surface area contributed by atoms with Crippen molar-refractivity contribution >= 4 is 21.7 Å². The first-order valence-corrected chi connectivity index (χ1v) is 11.3. The summed E-state index contributed by atoms with van der Waals surface area (Å²) in [7, 11) is -3.58. The number of hydrogen-bond donors (Lipinski definition) is 1. The van der Waals surface area contributed by atoms with E-state index in [1.165, 1.54) is 29.7 Å². The molecule has 1 aliphatic heterocycles. The molecular weight excluding hydrogens is 404 g/mol. The van der Waals surface area contributed by atoms with Gasteiger partial charge in [0, 0.05) is 38.6 Å². The Hall–Kier alpha value is -2.62. The van der Waals surface area contributed by atoms with E-state index in [0.717, 1.165) is 5.56 Å². The minimum Gasteiger partial charge on any atom is -0.345 e. The summed E-state index contributed by atoms with van der Waals surface area (Å²) in [5.41, 5.74) is 0.979. The Morgan fingerprint density at radius 2 is 1.77 bits per heavy atom. The second kappa shape index (κ2) is 9.92. The molecule has 160 valence electrons. The van der Waals surface area contributed by atoms with Gasteiger partial charge < -0.3 is 5.32 Å². The molecule has 1 amide bonds. The smallest absolute Gasteiger partial charge is 0.244 e. The van der Waals surface area contributed by atoms with Gasteiger partial charge in [-0.3, -0.25) is 19.5 Å². The molecule has 0 saturated carbocycles. The Morgan fingerprint density at radius 1 is 1.07 bits per heavy atom. The third kappa shape index (κ3) is 5.71. The van der Waals surface area contributed by atoms with E-state index in [9.17, 15) is 18.0 Å². The molecule has 1 atom stereocenters. The number of piperazine rings is 1. The maximum atomic E-state index is 12.7. The summed E-state index contributed by atoms with van der Waals surface area (Å²) in [6, 6.07) is 12.1. The SMILES string of the molecule is CC(=O)C(Cc1ccccc1)NC(=O)CN1CCN(S(=O)(=O)c2cccnc2)CC1. The first-order chi connectivity index (χ1) is 14.4. The molecule has 0 aliphatic carbocycles. The maximum Gasteiger partial charge on any atom is 0.244 e. The number of hydrogen-bond acceptors (Lipinski definition) is 6. The zero-order chi connectivity index (χ0) is 21.6. The van der Waals surface area contributed by atoms with Gasteiger partial charge in [0.25, 0.3) is 0 Å². The number of benzene rings is 1. The molecule has 0 bridgehead atoms. The minimum absolute atomic E-state index is 0.0976. The summed E-state index contributed by atoms with van der Waals surface area (Å²) in [6.07, 6.45) is 3.31. The number of amides is 1. The van der Waals surface area contributed by atoms with Crippen LogP contribution in [0.1, 0.15) is 12.5 Å². The molecule has 1 aliphatic rings. The Kier molecular flexibility index (Phi) is 7.30. The summed E-state index contributed by atoms with van der Waals surface area (Å²) >= 11 is 0. The zero-order valence-corrected chi connectivity index (χ0v) is 17.7. The van der Waals surface area contributed by atoms with Crippen molar-refractivity contribution in [2.75, 3.05) is 32.7 Å². The van der Waals surface area contributed by atoms with Crippen LogP contribution in [-0.2, 0) is 26.0 Å². The molecule has 1 unspecified atom stereocenters. The van der Waals surface area contributed by atoms with Crippen molar-refractivity contribution < 1.29 is 18.0 Å². The Labute approximate surface area is 177 Å². The number of ketones is 1. The second-order valence-corrected chi connectivity index (χ2v) is 9.23. The van der Waals surface area contributed by atoms with Crippen LogP contribution in [0.5, 0.6) is 0 Å². The van der Waals surface area contributed by atoms with Crippen molar-refractivity contribution in [3.63, 3.8) is 0 Å². The van der Waals surface area contributed by atoms with Crippen molar-refractivity contribution in [3.8, 4) is 0 Å². The second-order valence-electron chi connectivity index (χ2n) is 7.29. The number of rotatable bonds is 8. The third-order valence-electron chi connectivity index (χ3n) is 5.08. The molecule has 1 aromatic heterocycles. The molecule has 9 heteroatoms. The first kappa shape index (κ1) is 22.1. The van der Waals surface area contributed by atoms with E-state index >= 15 is 0 Å². The molecule has 8 nitrogen and oxygen atoms in total. The third-order valence-corrected chi connectivity index (χ3v) is 6.96. The van der Waals surface area contributed by atoms with Crippen LogP contribution in [-0.4, -0.2) is 73.1 Å². The van der Waals surface area contributed by atoms with Gasteiger partial charge in [-0.05, 0) is 31.0 Å². The number of carbonyl (C=O) groups excluding carboxylic acids is 2. The lowest BCUT2D eigenvalue weighted by Gasteiger charge is -2.33. The molecule has 1 N–H and O–H groups in total. The lowest BCUT2D eigenvalue weighted by molar-refractivity contribution is -0.127. The highest BCUT2D eigenvalue weighted by atomic mass is 32.2. The van der Waals surface area contributed by atoms with Crippen LogP contribution < -0.4 is 5.32 Å². The molecule has 1 aromatic carbocycles. The normalized spacial score (nSPS) is 16.7. The van der Waals surface area contributed by atoms with Crippen LogP contribution in [0, 0.1) is 0 Å². The van der Waals surface area contributed by atoms with E-state index in [-0.39, 0.29) is 23.1 Å². The van der Waals surface area contributed by atoms with Crippen molar-refractivity contribution in [3.05, 3.63) is 60.4 Å². The van der Waals surface area contributed by atoms with Gasteiger partial charge in [0.1, 0.15) is 4.90 Å². The highest BCUT2D eigenvalue weighted by Crippen LogP contribution is 2.16. The van der Waals surface area contributed by atoms with Gasteiger partial charge in [-0.15, -0.1) is 0 Å². The summed E-state index contributed by atoms with van der Waals surface area (Å²) in [5, 5.41) is 2.81. The fraction of sp³-hybridized carbons (Fsp3) is 0.381. The molecule has 1 fully saturated rings. The largest absolute Gasteiger partial charge is 0.345 e. The van der Waals surface area contributed by atoms with E-state index in [4.69, 9.17) is 0 Å². The summed E-state index contributed by atoms with van der Waals surface area (Å²) in [6.45, 7) is 3.07. The number of carbonyl (C=O) groups is 2. The van der Waals surface area contributed by atoms with Crippen LogP contribution in [0.3, 0.4) is 0 Å². The van der Waals surface area contributed by atoms with Crippen molar-refractivity contribution in [1.82, 2.24) is 19.5 Å². The lowest BCUT2D eigenvalue weighted by Crippen LogP contribution is -2.52. The van der Waals surface area contributed by atoms with Gasteiger partial charge in [-0.25, -0.2) is 8.42 Å². The van der Waals surface area contributed by atoms with Crippen LogP contribution >= 0.6 is 0 Å². The van der Waals surface area contributed by atoms with Gasteiger partial charge in [0.05, 0.1) is 12.6 Å². The van der Waals surface area contributed by atoms with E-state index in [1.807, 2.05) is 35.2 Å². The Bertz CT molecular complexity index is 959. The molecule has 2 aromatic rings. The van der Waals surface area contributed by atoms with E-state index in [2.05, 4.69) is 10.3 Å². The van der Waals surface area contributed by atoms with E-state index < -0.39 is 16.1 Å². The molecule has 2 heterocycles. The standard InChI is InChI=1S/C21H26N4O4S/c1-17(26)20(14-18-6-3-2-4-7-18)23-21(27)16-24-10-12-25(13-11-24)30(28,29)19-8-5-9-22-15-19/h2-9,15,20H,10-14,16H2,1H3,(H,23,27). The quantitative estimate of drug-likeness (QED) is 0.662. The lowest BCUT2D eigenvalue weighted by atomic mass is 10.0. The maximum absolute atomic E-state index is 12.7. The highest BCUT2D eigenvalue weighted by Gasteiger charge is 2.29. The summed E-state index contributed by atoms with van der Waals surface area (Å²) in [4.78, 5) is 30.4. The Morgan fingerprint density at radius 3 is 2.37 bits per heavy atom. The van der Waals surface area contributed by atoms with Crippen LogP contribution in [0.2, 0.25) is 0 Å². The predicted octanol–water partition coefficient (Wildman–Crippen LogP) is 0.704. The van der Waals surface area contributed by atoms with Crippen molar-refractivity contribution in [2.24, 2.45) is 0 Å². The number of sulfonamides is 1. The molecule has 0 spiro atoms. The number of Topliss-reactive ketones (excluding diaryl/α,β-unsaturated/α-hetero) is 1. The van der Waals surface area contributed by atoms with Crippen LogP contribution in [0.4, 0.5) is 0 Å². The van der Waals surface area contributed by atoms with Gasteiger partial charge in [-0.1, -0.05) is 30.3 Å². The predicted molar refractivity (Wildman–Crippen MR) is 112 cm³/mol. The average molecular weight is 431 g/mol. The van der Waals surface area contributed by atoms with E-state index in [0.29, 0.717) is 32.6 Å². The number of nitrogens with zero attached hydrogens (tertiary/aromatic N) is 3. The summed E-state index contributed by atoms with van der Waals surface area (Å²) in [5.74, 6) is -0.339. The number of aromatic nitrogens is 1. The van der Waals surface area contributed by atoms with Gasteiger partial charge in [0.15, 0.2) is 5.78 Å². The Balaban J connectivity index is 1.51. The number of pyridine rings is 1. The molecule has 1 saturated heterocycles. The molecular formula is C21H26N4O4S. The van der Waals surface area contributed by atoms with Crippen molar-refractivity contribution in [2.45, 2.75) is 24.3 Å².